The third-order valence-corrected chi connectivity index (χ3v) is 11.7. The monoisotopic (exact) mass is 726 g/mol. The van der Waals surface area contributed by atoms with Gasteiger partial charge in [-0.15, -0.1) is 0 Å². The zero-order valence-electron chi connectivity index (χ0n) is 30.9. The maximum atomic E-state index is 6.91. The van der Waals surface area contributed by atoms with Crippen molar-refractivity contribution in [1.82, 2.24) is 9.13 Å². The number of hydrogen-bond acceptors (Lipinski definition) is 1. The van der Waals surface area contributed by atoms with Crippen LogP contribution in [-0.4, -0.2) is 9.13 Å². The van der Waals surface area contributed by atoms with Crippen molar-refractivity contribution in [3.8, 4) is 44.8 Å². The van der Waals surface area contributed by atoms with Crippen molar-refractivity contribution in [2.24, 2.45) is 0 Å². The highest BCUT2D eigenvalue weighted by atomic mass is 16.3. The fraction of sp³-hybridized carbons (Fsp3) is 0. The van der Waals surface area contributed by atoms with Crippen LogP contribution in [0.15, 0.2) is 211 Å². The molecule has 3 nitrogen and oxygen atoms in total. The van der Waals surface area contributed by atoms with Crippen molar-refractivity contribution in [2.75, 3.05) is 0 Å². The Bertz CT molecular complexity index is 3510. The molecule has 266 valence electrons. The standard InChI is InChI=1S/C54H34N2O/c1-3-15-35(16-4-1)36-17-13-18-37(33-36)41-31-32-49(54-53(41)45-23-9-12-28-51(45)57-54)56-47-26-11-8-22-44(47)52-40(24-14-27-48(52)56)38-29-30-43-42-21-7-10-25-46(42)55(50(43)34-38)39-19-5-2-6-20-39/h1-34H. The van der Waals surface area contributed by atoms with Crippen molar-refractivity contribution in [2.45, 2.75) is 0 Å². The summed E-state index contributed by atoms with van der Waals surface area (Å²) < 4.78 is 11.7. The Morgan fingerprint density at radius 2 is 0.912 bits per heavy atom. The molecule has 0 aliphatic carbocycles. The van der Waals surface area contributed by atoms with Gasteiger partial charge in [0.05, 0.1) is 27.8 Å². The Kier molecular flexibility index (Phi) is 6.93. The van der Waals surface area contributed by atoms with Crippen LogP contribution in [0.2, 0.25) is 0 Å². The molecule has 0 spiro atoms. The summed E-state index contributed by atoms with van der Waals surface area (Å²) in [4.78, 5) is 0. The molecule has 3 aromatic heterocycles. The molecule has 0 saturated heterocycles. The third-order valence-electron chi connectivity index (χ3n) is 11.7. The lowest BCUT2D eigenvalue weighted by Crippen LogP contribution is -1.95. The summed E-state index contributed by atoms with van der Waals surface area (Å²) in [5, 5.41) is 7.15. The molecule has 0 N–H and O–H groups in total. The van der Waals surface area contributed by atoms with E-state index in [1.807, 2.05) is 0 Å². The third kappa shape index (κ3) is 4.79. The van der Waals surface area contributed by atoms with Gasteiger partial charge in [0.25, 0.3) is 0 Å². The molecular formula is C54H34N2O. The van der Waals surface area contributed by atoms with Gasteiger partial charge in [-0.1, -0.05) is 152 Å². The van der Waals surface area contributed by atoms with E-state index in [1.165, 1.54) is 54.8 Å². The first-order valence-corrected chi connectivity index (χ1v) is 19.5. The quantitative estimate of drug-likeness (QED) is 0.173. The van der Waals surface area contributed by atoms with Crippen LogP contribution in [0.1, 0.15) is 0 Å². The molecule has 0 atom stereocenters. The van der Waals surface area contributed by atoms with Crippen molar-refractivity contribution in [3.05, 3.63) is 206 Å². The second-order valence-electron chi connectivity index (χ2n) is 14.9. The highest BCUT2D eigenvalue weighted by Crippen LogP contribution is 2.45. The number of rotatable bonds is 5. The second kappa shape index (κ2) is 12.5. The first-order chi connectivity index (χ1) is 28.3. The smallest absolute Gasteiger partial charge is 0.160 e. The summed E-state index contributed by atoms with van der Waals surface area (Å²) in [7, 11) is 0. The van der Waals surface area contributed by atoms with E-state index in [2.05, 4.69) is 215 Å². The summed E-state index contributed by atoms with van der Waals surface area (Å²) in [6.07, 6.45) is 0. The fourth-order valence-corrected chi connectivity index (χ4v) is 9.24. The van der Waals surface area contributed by atoms with E-state index < -0.39 is 0 Å². The molecule has 0 radical (unpaired) electrons. The zero-order valence-corrected chi connectivity index (χ0v) is 30.9. The number of benzene rings is 9. The molecule has 3 heteroatoms. The predicted molar refractivity (Wildman–Crippen MR) is 239 cm³/mol. The van der Waals surface area contributed by atoms with E-state index >= 15 is 0 Å². The molecule has 9 aromatic carbocycles. The van der Waals surface area contributed by atoms with Crippen molar-refractivity contribution in [1.29, 1.82) is 0 Å². The van der Waals surface area contributed by atoms with Crippen molar-refractivity contribution < 1.29 is 4.42 Å². The molecule has 57 heavy (non-hydrogen) atoms. The van der Waals surface area contributed by atoms with Gasteiger partial charge in [-0.2, -0.15) is 0 Å². The molecule has 0 bridgehead atoms. The van der Waals surface area contributed by atoms with Crippen molar-refractivity contribution in [3.63, 3.8) is 0 Å². The molecule has 0 aliphatic rings. The number of aromatic nitrogens is 2. The van der Waals surface area contributed by atoms with Crippen LogP contribution in [0.4, 0.5) is 0 Å². The molecule has 0 aliphatic heterocycles. The van der Waals surface area contributed by atoms with Crippen LogP contribution in [-0.2, 0) is 0 Å². The van der Waals surface area contributed by atoms with Gasteiger partial charge in [0.15, 0.2) is 5.58 Å². The maximum Gasteiger partial charge on any atom is 0.160 e. The van der Waals surface area contributed by atoms with Crippen LogP contribution in [0, 0.1) is 0 Å². The molecule has 3 heterocycles. The van der Waals surface area contributed by atoms with Crippen molar-refractivity contribution >= 4 is 65.6 Å². The van der Waals surface area contributed by atoms with Crippen LogP contribution in [0.25, 0.3) is 110 Å². The van der Waals surface area contributed by atoms with E-state index in [4.69, 9.17) is 4.42 Å². The van der Waals surface area contributed by atoms with Gasteiger partial charge in [-0.25, -0.2) is 0 Å². The number of furan rings is 1. The van der Waals surface area contributed by atoms with E-state index in [0.29, 0.717) is 0 Å². The highest BCUT2D eigenvalue weighted by molar-refractivity contribution is 6.20. The average Bonchev–Trinajstić information content (AvgIpc) is 3.95. The lowest BCUT2D eigenvalue weighted by molar-refractivity contribution is 0.666. The van der Waals surface area contributed by atoms with Crippen LogP contribution >= 0.6 is 0 Å². The predicted octanol–water partition coefficient (Wildman–Crippen LogP) is 14.8. The Hall–Kier alpha value is -7.62. The van der Waals surface area contributed by atoms with Gasteiger partial charge < -0.3 is 13.6 Å². The summed E-state index contributed by atoms with van der Waals surface area (Å²) in [6, 6.07) is 74.3. The zero-order chi connectivity index (χ0) is 37.5. The number of nitrogens with zero attached hydrogens (tertiary/aromatic N) is 2. The number of para-hydroxylation sites is 4. The summed E-state index contributed by atoms with van der Waals surface area (Å²) in [6.45, 7) is 0. The molecule has 0 saturated carbocycles. The van der Waals surface area contributed by atoms with Gasteiger partial charge >= 0.3 is 0 Å². The van der Waals surface area contributed by atoms with Crippen LogP contribution < -0.4 is 0 Å². The lowest BCUT2D eigenvalue weighted by Gasteiger charge is -2.13. The summed E-state index contributed by atoms with van der Waals surface area (Å²) in [5.74, 6) is 0. The van der Waals surface area contributed by atoms with E-state index in [-0.39, 0.29) is 0 Å². The molecular weight excluding hydrogens is 693 g/mol. The second-order valence-corrected chi connectivity index (χ2v) is 14.9. The topological polar surface area (TPSA) is 23.0 Å². The maximum absolute atomic E-state index is 6.91. The Morgan fingerprint density at radius 3 is 1.75 bits per heavy atom. The minimum atomic E-state index is 0.876. The van der Waals surface area contributed by atoms with Gasteiger partial charge in [-0.3, -0.25) is 0 Å². The largest absolute Gasteiger partial charge is 0.454 e. The Labute approximate surface area is 328 Å². The van der Waals surface area contributed by atoms with Gasteiger partial charge in [-0.05, 0) is 88.0 Å². The first kappa shape index (κ1) is 31.7. The molecule has 0 amide bonds. The van der Waals surface area contributed by atoms with Gasteiger partial charge in [0.1, 0.15) is 5.58 Å². The SMILES string of the molecule is c1ccc(-c2cccc(-c3ccc(-n4c5ccccc5c5c(-c6ccc7c8ccccc8n(-c8ccccc8)c7c6)cccc54)c4oc5ccccc5c34)c2)cc1. The number of hydrogen-bond donors (Lipinski definition) is 0. The van der Waals surface area contributed by atoms with Crippen LogP contribution in [0.5, 0.6) is 0 Å². The molecule has 0 fully saturated rings. The molecule has 12 aromatic rings. The minimum Gasteiger partial charge on any atom is -0.454 e. The van der Waals surface area contributed by atoms with Gasteiger partial charge in [0.2, 0.25) is 0 Å². The first-order valence-electron chi connectivity index (χ1n) is 19.5. The fourth-order valence-electron chi connectivity index (χ4n) is 9.24. The summed E-state index contributed by atoms with van der Waals surface area (Å²) >= 11 is 0. The van der Waals surface area contributed by atoms with E-state index in [1.54, 1.807) is 0 Å². The normalized spacial score (nSPS) is 11.9. The average molecular weight is 727 g/mol. The molecule has 12 rings (SSSR count). The lowest BCUT2D eigenvalue weighted by atomic mass is 9.95. The van der Waals surface area contributed by atoms with E-state index in [9.17, 15) is 0 Å². The number of fused-ring (bicyclic) bond motifs is 9. The van der Waals surface area contributed by atoms with Gasteiger partial charge in [0, 0.05) is 38.0 Å². The molecule has 0 unspecified atom stereocenters. The Balaban J connectivity index is 1.11. The highest BCUT2D eigenvalue weighted by Gasteiger charge is 2.22. The summed E-state index contributed by atoms with van der Waals surface area (Å²) in [5.41, 5.74) is 15.7. The minimum absolute atomic E-state index is 0.876. The Morgan fingerprint density at radius 1 is 0.316 bits per heavy atom. The van der Waals surface area contributed by atoms with Crippen LogP contribution in [0.3, 0.4) is 0 Å². The van der Waals surface area contributed by atoms with E-state index in [0.717, 1.165) is 55.5 Å².